The molecule has 0 bridgehead atoms. The van der Waals surface area contributed by atoms with Crippen LogP contribution in [0.5, 0.6) is 5.75 Å². The quantitative estimate of drug-likeness (QED) is 0.890. The van der Waals surface area contributed by atoms with Gasteiger partial charge in [0.1, 0.15) is 12.4 Å². The Hall–Kier alpha value is -2.29. The first-order valence-electron chi connectivity index (χ1n) is 6.62. The van der Waals surface area contributed by atoms with Crippen molar-refractivity contribution in [1.29, 1.82) is 0 Å². The van der Waals surface area contributed by atoms with E-state index in [0.29, 0.717) is 11.5 Å². The molecule has 104 valence electrons. The topological polar surface area (TPSA) is 46.5 Å². The van der Waals surface area contributed by atoms with Gasteiger partial charge in [-0.15, -0.1) is 0 Å². The molecule has 0 atom stereocenters. The second kappa shape index (κ2) is 6.24. The first kappa shape index (κ1) is 14.1. The van der Waals surface area contributed by atoms with Crippen molar-refractivity contribution >= 4 is 5.97 Å². The molecule has 2 aromatic carbocycles. The van der Waals surface area contributed by atoms with Gasteiger partial charge >= 0.3 is 5.97 Å². The Morgan fingerprint density at radius 2 is 1.75 bits per heavy atom. The lowest BCUT2D eigenvalue weighted by atomic mass is 10.0. The standard InChI is InChI=1S/C17H18O3/c1-12(2)14-8-5-6-10-16(14)20-11-13-7-3-4-9-15(13)17(18)19/h3-10,12H,11H2,1-2H3,(H,18,19). The number of rotatable bonds is 5. The van der Waals surface area contributed by atoms with Crippen LogP contribution >= 0.6 is 0 Å². The maximum Gasteiger partial charge on any atom is 0.336 e. The van der Waals surface area contributed by atoms with Crippen LogP contribution in [0.2, 0.25) is 0 Å². The number of benzene rings is 2. The summed E-state index contributed by atoms with van der Waals surface area (Å²) in [5.41, 5.74) is 2.09. The van der Waals surface area contributed by atoms with Gasteiger partial charge in [-0.05, 0) is 23.6 Å². The predicted octanol–water partition coefficient (Wildman–Crippen LogP) is 4.09. The smallest absolute Gasteiger partial charge is 0.336 e. The first-order chi connectivity index (χ1) is 9.59. The minimum Gasteiger partial charge on any atom is -0.489 e. The van der Waals surface area contributed by atoms with Gasteiger partial charge in [0, 0.05) is 5.56 Å². The van der Waals surface area contributed by atoms with Gasteiger partial charge in [0.05, 0.1) is 5.56 Å². The summed E-state index contributed by atoms with van der Waals surface area (Å²) in [6.07, 6.45) is 0. The molecule has 0 saturated carbocycles. The molecule has 0 aliphatic carbocycles. The number of para-hydroxylation sites is 1. The summed E-state index contributed by atoms with van der Waals surface area (Å²) < 4.78 is 5.81. The average molecular weight is 270 g/mol. The molecule has 0 saturated heterocycles. The first-order valence-corrected chi connectivity index (χ1v) is 6.62. The van der Waals surface area contributed by atoms with Crippen LogP contribution in [0, 0.1) is 0 Å². The molecule has 3 nitrogen and oxygen atoms in total. The van der Waals surface area contributed by atoms with Crippen molar-refractivity contribution in [2.45, 2.75) is 26.4 Å². The number of carbonyl (C=O) groups is 1. The molecule has 0 aromatic heterocycles. The van der Waals surface area contributed by atoms with E-state index in [1.165, 1.54) is 0 Å². The zero-order valence-electron chi connectivity index (χ0n) is 11.7. The van der Waals surface area contributed by atoms with Crippen molar-refractivity contribution in [2.24, 2.45) is 0 Å². The Balaban J connectivity index is 2.20. The maximum atomic E-state index is 11.2. The van der Waals surface area contributed by atoms with Crippen molar-refractivity contribution in [3.05, 3.63) is 65.2 Å². The van der Waals surface area contributed by atoms with Gasteiger partial charge in [-0.2, -0.15) is 0 Å². The zero-order chi connectivity index (χ0) is 14.5. The molecule has 0 radical (unpaired) electrons. The third kappa shape index (κ3) is 3.18. The lowest BCUT2D eigenvalue weighted by molar-refractivity contribution is 0.0694. The van der Waals surface area contributed by atoms with E-state index in [1.807, 2.05) is 30.3 Å². The molecule has 20 heavy (non-hydrogen) atoms. The predicted molar refractivity (Wildman–Crippen MR) is 78.3 cm³/mol. The van der Waals surface area contributed by atoms with E-state index in [1.54, 1.807) is 18.2 Å². The van der Waals surface area contributed by atoms with E-state index in [4.69, 9.17) is 9.84 Å². The van der Waals surface area contributed by atoms with Crippen LogP contribution in [0.15, 0.2) is 48.5 Å². The third-order valence-corrected chi connectivity index (χ3v) is 3.17. The fraction of sp³-hybridized carbons (Fsp3) is 0.235. The minimum absolute atomic E-state index is 0.256. The Kier molecular flexibility index (Phi) is 4.41. The number of ether oxygens (including phenoxy) is 1. The molecule has 0 heterocycles. The lowest BCUT2D eigenvalue weighted by Crippen LogP contribution is -2.06. The van der Waals surface area contributed by atoms with Gasteiger partial charge in [-0.1, -0.05) is 50.2 Å². The van der Waals surface area contributed by atoms with Crippen LogP contribution in [0.1, 0.15) is 41.3 Å². The number of aromatic carboxylic acids is 1. The van der Waals surface area contributed by atoms with Gasteiger partial charge < -0.3 is 9.84 Å². The van der Waals surface area contributed by atoms with E-state index in [0.717, 1.165) is 11.3 Å². The molecule has 1 N–H and O–H groups in total. The Morgan fingerprint density at radius 1 is 1.10 bits per heavy atom. The van der Waals surface area contributed by atoms with E-state index in [9.17, 15) is 4.79 Å². The number of hydrogen-bond acceptors (Lipinski definition) is 2. The summed E-state index contributed by atoms with van der Waals surface area (Å²) in [6.45, 7) is 4.47. The number of carboxylic acid groups (broad SMARTS) is 1. The summed E-state index contributed by atoms with van der Waals surface area (Å²) in [6, 6.07) is 14.8. The molecule has 0 spiro atoms. The zero-order valence-corrected chi connectivity index (χ0v) is 11.7. The summed E-state index contributed by atoms with van der Waals surface area (Å²) >= 11 is 0. The average Bonchev–Trinajstić information content (AvgIpc) is 2.45. The Morgan fingerprint density at radius 3 is 2.45 bits per heavy atom. The highest BCUT2D eigenvalue weighted by Gasteiger charge is 2.11. The van der Waals surface area contributed by atoms with E-state index >= 15 is 0 Å². The molecule has 2 rings (SSSR count). The van der Waals surface area contributed by atoms with Crippen LogP contribution in [0.4, 0.5) is 0 Å². The minimum atomic E-state index is -0.929. The highest BCUT2D eigenvalue weighted by molar-refractivity contribution is 5.89. The molecule has 0 aliphatic heterocycles. The fourth-order valence-electron chi connectivity index (χ4n) is 2.10. The van der Waals surface area contributed by atoms with Gasteiger partial charge in [-0.3, -0.25) is 0 Å². The number of carboxylic acids is 1. The van der Waals surface area contributed by atoms with Crippen LogP contribution in [-0.2, 0) is 6.61 Å². The maximum absolute atomic E-state index is 11.2. The second-order valence-electron chi connectivity index (χ2n) is 4.94. The SMILES string of the molecule is CC(C)c1ccccc1OCc1ccccc1C(=O)O. The molecule has 0 amide bonds. The largest absolute Gasteiger partial charge is 0.489 e. The fourth-order valence-corrected chi connectivity index (χ4v) is 2.10. The Bertz CT molecular complexity index is 603. The van der Waals surface area contributed by atoms with Crippen molar-refractivity contribution in [3.8, 4) is 5.75 Å². The molecule has 3 heteroatoms. The Labute approximate surface area is 118 Å². The number of hydrogen-bond donors (Lipinski definition) is 1. The second-order valence-corrected chi connectivity index (χ2v) is 4.94. The van der Waals surface area contributed by atoms with Gasteiger partial charge in [-0.25, -0.2) is 4.79 Å². The lowest BCUT2D eigenvalue weighted by Gasteiger charge is -2.14. The summed E-state index contributed by atoms with van der Waals surface area (Å²) in [7, 11) is 0. The van der Waals surface area contributed by atoms with Gasteiger partial charge in [0.15, 0.2) is 0 Å². The van der Waals surface area contributed by atoms with Gasteiger partial charge in [0.25, 0.3) is 0 Å². The van der Waals surface area contributed by atoms with Crippen LogP contribution in [0.25, 0.3) is 0 Å². The molecule has 2 aromatic rings. The molecule has 0 fully saturated rings. The monoisotopic (exact) mass is 270 g/mol. The molecular weight excluding hydrogens is 252 g/mol. The highest BCUT2D eigenvalue weighted by Crippen LogP contribution is 2.26. The third-order valence-electron chi connectivity index (χ3n) is 3.17. The molecular formula is C17H18O3. The summed E-state index contributed by atoms with van der Waals surface area (Å²) in [5.74, 6) is 0.241. The summed E-state index contributed by atoms with van der Waals surface area (Å²) in [4.78, 5) is 11.2. The normalized spacial score (nSPS) is 10.6. The van der Waals surface area contributed by atoms with Crippen molar-refractivity contribution in [3.63, 3.8) is 0 Å². The van der Waals surface area contributed by atoms with Crippen molar-refractivity contribution in [1.82, 2.24) is 0 Å². The van der Waals surface area contributed by atoms with Gasteiger partial charge in [0.2, 0.25) is 0 Å². The van der Waals surface area contributed by atoms with Crippen molar-refractivity contribution < 1.29 is 14.6 Å². The van der Waals surface area contributed by atoms with Crippen LogP contribution < -0.4 is 4.74 Å². The summed E-state index contributed by atoms with van der Waals surface area (Å²) in [5, 5.41) is 9.15. The van der Waals surface area contributed by atoms with Crippen LogP contribution in [0.3, 0.4) is 0 Å². The van der Waals surface area contributed by atoms with Crippen molar-refractivity contribution in [2.75, 3.05) is 0 Å². The van der Waals surface area contributed by atoms with E-state index in [2.05, 4.69) is 13.8 Å². The van der Waals surface area contributed by atoms with Crippen LogP contribution in [-0.4, -0.2) is 11.1 Å². The van der Waals surface area contributed by atoms with E-state index in [-0.39, 0.29) is 12.2 Å². The molecule has 0 unspecified atom stereocenters. The molecule has 0 aliphatic rings. The van der Waals surface area contributed by atoms with E-state index < -0.39 is 5.97 Å². The highest BCUT2D eigenvalue weighted by atomic mass is 16.5.